The average Bonchev–Trinajstić information content (AvgIpc) is 2.90. The van der Waals surface area contributed by atoms with Gasteiger partial charge in [-0.1, -0.05) is 16.8 Å². The zero-order valence-electron chi connectivity index (χ0n) is 10.5. The van der Waals surface area contributed by atoms with E-state index in [1.54, 1.807) is 24.3 Å². The summed E-state index contributed by atoms with van der Waals surface area (Å²) in [6, 6.07) is 11.3. The summed E-state index contributed by atoms with van der Waals surface area (Å²) in [5.74, 6) is -1.04. The maximum absolute atomic E-state index is 11.1. The van der Waals surface area contributed by atoms with Gasteiger partial charge in [-0.2, -0.15) is 5.26 Å². The molecule has 0 aliphatic carbocycles. The van der Waals surface area contributed by atoms with Crippen LogP contribution in [0.1, 0.15) is 15.9 Å². The molecule has 0 spiro atoms. The lowest BCUT2D eigenvalue weighted by molar-refractivity contribution is 0.0697. The number of rotatable bonds is 2. The number of aromatic carboxylic acids is 1. The van der Waals surface area contributed by atoms with Crippen molar-refractivity contribution in [3.8, 4) is 11.8 Å². The molecule has 0 aliphatic heterocycles. The lowest BCUT2D eigenvalue weighted by atomic mass is 10.2. The van der Waals surface area contributed by atoms with Gasteiger partial charge in [0.1, 0.15) is 5.52 Å². The molecule has 0 unspecified atom stereocenters. The van der Waals surface area contributed by atoms with E-state index in [4.69, 9.17) is 22.0 Å². The Bertz CT molecular complexity index is 911. The highest BCUT2D eigenvalue weighted by atomic mass is 35.5. The number of aromatic nitrogens is 3. The monoisotopic (exact) mass is 298 g/mol. The van der Waals surface area contributed by atoms with Crippen molar-refractivity contribution in [1.29, 1.82) is 5.26 Å². The van der Waals surface area contributed by atoms with Crippen molar-refractivity contribution in [2.24, 2.45) is 0 Å². The summed E-state index contributed by atoms with van der Waals surface area (Å²) < 4.78 is 1.42. The molecule has 0 radical (unpaired) electrons. The third kappa shape index (κ3) is 2.20. The van der Waals surface area contributed by atoms with E-state index in [0.29, 0.717) is 27.3 Å². The van der Waals surface area contributed by atoms with Gasteiger partial charge < -0.3 is 5.11 Å². The van der Waals surface area contributed by atoms with Crippen LogP contribution in [0.5, 0.6) is 0 Å². The lowest BCUT2D eigenvalue weighted by Gasteiger charge is -2.05. The maximum atomic E-state index is 11.1. The smallest absolute Gasteiger partial charge is 0.335 e. The van der Waals surface area contributed by atoms with Gasteiger partial charge in [-0.05, 0) is 36.4 Å². The van der Waals surface area contributed by atoms with E-state index in [9.17, 15) is 4.79 Å². The summed E-state index contributed by atoms with van der Waals surface area (Å²) in [6.45, 7) is 0. The summed E-state index contributed by atoms with van der Waals surface area (Å²) in [5, 5.41) is 26.4. The van der Waals surface area contributed by atoms with E-state index in [2.05, 4.69) is 10.3 Å². The molecule has 0 saturated heterocycles. The fourth-order valence-electron chi connectivity index (χ4n) is 1.97. The summed E-state index contributed by atoms with van der Waals surface area (Å²) in [6.07, 6.45) is 0. The highest BCUT2D eigenvalue weighted by molar-refractivity contribution is 6.32. The molecule has 1 N–H and O–H groups in total. The number of carboxylic acid groups (broad SMARTS) is 1. The van der Waals surface area contributed by atoms with Gasteiger partial charge in [0, 0.05) is 0 Å². The van der Waals surface area contributed by atoms with Crippen LogP contribution in [-0.4, -0.2) is 26.1 Å². The Hall–Kier alpha value is -2.91. The van der Waals surface area contributed by atoms with E-state index >= 15 is 0 Å². The molecule has 7 heteroatoms. The van der Waals surface area contributed by atoms with Gasteiger partial charge in [0.15, 0.2) is 0 Å². The number of carboxylic acids is 1. The second kappa shape index (κ2) is 4.89. The molecule has 1 aromatic heterocycles. The fraction of sp³-hybridized carbons (Fsp3) is 0. The zero-order chi connectivity index (χ0) is 15.0. The highest BCUT2D eigenvalue weighted by Crippen LogP contribution is 2.25. The largest absolute Gasteiger partial charge is 0.478 e. The molecule has 0 bridgehead atoms. The number of nitriles is 1. The Morgan fingerprint density at radius 1 is 1.29 bits per heavy atom. The van der Waals surface area contributed by atoms with Crippen LogP contribution < -0.4 is 0 Å². The van der Waals surface area contributed by atoms with Crippen molar-refractivity contribution >= 4 is 28.6 Å². The predicted molar refractivity (Wildman–Crippen MR) is 75.5 cm³/mol. The summed E-state index contributed by atoms with van der Waals surface area (Å²) in [5.41, 5.74) is 2.07. The quantitative estimate of drug-likeness (QED) is 0.785. The topological polar surface area (TPSA) is 91.8 Å². The van der Waals surface area contributed by atoms with Crippen LogP contribution >= 0.6 is 11.6 Å². The molecule has 0 aliphatic rings. The standard InChI is InChI=1S/C14H7ClN4O2/c15-10-3-1-8(7-16)5-12(10)19-13-6-9(14(20)21)2-4-11(13)17-18-19/h1-6H,(H,20,21). The first kappa shape index (κ1) is 13.1. The second-order valence-electron chi connectivity index (χ2n) is 4.29. The van der Waals surface area contributed by atoms with Crippen LogP contribution in [0.4, 0.5) is 0 Å². The molecule has 3 aromatic rings. The van der Waals surface area contributed by atoms with Gasteiger partial charge in [-0.3, -0.25) is 0 Å². The van der Waals surface area contributed by atoms with Crippen molar-refractivity contribution in [1.82, 2.24) is 15.0 Å². The van der Waals surface area contributed by atoms with Gasteiger partial charge in [0.25, 0.3) is 0 Å². The number of carbonyl (C=O) groups is 1. The molecule has 3 rings (SSSR count). The van der Waals surface area contributed by atoms with Crippen molar-refractivity contribution in [3.63, 3.8) is 0 Å². The number of hydrogen-bond acceptors (Lipinski definition) is 4. The van der Waals surface area contributed by atoms with Crippen LogP contribution in [0.3, 0.4) is 0 Å². The van der Waals surface area contributed by atoms with Crippen molar-refractivity contribution in [3.05, 3.63) is 52.5 Å². The van der Waals surface area contributed by atoms with Gasteiger partial charge in [-0.25, -0.2) is 9.48 Å². The maximum Gasteiger partial charge on any atom is 0.335 e. The average molecular weight is 299 g/mol. The summed E-state index contributed by atoms with van der Waals surface area (Å²) >= 11 is 6.13. The van der Waals surface area contributed by atoms with Crippen LogP contribution in [0.25, 0.3) is 16.7 Å². The van der Waals surface area contributed by atoms with Crippen LogP contribution in [0.15, 0.2) is 36.4 Å². The van der Waals surface area contributed by atoms with Gasteiger partial charge >= 0.3 is 5.97 Å². The normalized spacial score (nSPS) is 10.5. The minimum absolute atomic E-state index is 0.124. The third-order valence-electron chi connectivity index (χ3n) is 3.00. The van der Waals surface area contributed by atoms with Crippen molar-refractivity contribution in [2.75, 3.05) is 0 Å². The number of benzene rings is 2. The van der Waals surface area contributed by atoms with E-state index in [1.165, 1.54) is 16.8 Å². The molecule has 1 heterocycles. The number of halogens is 1. The SMILES string of the molecule is N#Cc1ccc(Cl)c(-n2nnc3ccc(C(=O)O)cc32)c1. The van der Waals surface area contributed by atoms with E-state index < -0.39 is 5.97 Å². The zero-order valence-corrected chi connectivity index (χ0v) is 11.2. The van der Waals surface area contributed by atoms with E-state index in [0.717, 1.165) is 0 Å². The molecule has 21 heavy (non-hydrogen) atoms. The Labute approximate surface area is 123 Å². The second-order valence-corrected chi connectivity index (χ2v) is 4.70. The third-order valence-corrected chi connectivity index (χ3v) is 3.32. The van der Waals surface area contributed by atoms with Crippen LogP contribution in [-0.2, 0) is 0 Å². The fourth-order valence-corrected chi connectivity index (χ4v) is 2.17. The molecular weight excluding hydrogens is 292 g/mol. The number of nitrogens with zero attached hydrogens (tertiary/aromatic N) is 4. The molecule has 2 aromatic carbocycles. The number of hydrogen-bond donors (Lipinski definition) is 1. The molecule has 0 atom stereocenters. The molecule has 102 valence electrons. The highest BCUT2D eigenvalue weighted by Gasteiger charge is 2.13. The van der Waals surface area contributed by atoms with Gasteiger partial charge in [0.05, 0.1) is 33.4 Å². The first-order valence-corrected chi connectivity index (χ1v) is 6.27. The minimum atomic E-state index is -1.04. The lowest BCUT2D eigenvalue weighted by Crippen LogP contribution is -2.00. The summed E-state index contributed by atoms with van der Waals surface area (Å²) in [4.78, 5) is 11.1. The van der Waals surface area contributed by atoms with Crippen LogP contribution in [0, 0.1) is 11.3 Å². The Morgan fingerprint density at radius 3 is 2.81 bits per heavy atom. The van der Waals surface area contributed by atoms with Crippen molar-refractivity contribution < 1.29 is 9.90 Å². The molecule has 0 amide bonds. The minimum Gasteiger partial charge on any atom is -0.478 e. The number of fused-ring (bicyclic) bond motifs is 1. The van der Waals surface area contributed by atoms with E-state index in [-0.39, 0.29) is 5.56 Å². The first-order chi connectivity index (χ1) is 10.1. The van der Waals surface area contributed by atoms with Crippen LogP contribution in [0.2, 0.25) is 5.02 Å². The van der Waals surface area contributed by atoms with Crippen molar-refractivity contribution in [2.45, 2.75) is 0 Å². The van der Waals surface area contributed by atoms with Gasteiger partial charge in [-0.15, -0.1) is 5.10 Å². The predicted octanol–water partition coefficient (Wildman–Crippen LogP) is 2.64. The summed E-state index contributed by atoms with van der Waals surface area (Å²) in [7, 11) is 0. The molecule has 0 fully saturated rings. The molecule has 0 saturated carbocycles. The Balaban J connectivity index is 2.28. The molecular formula is C14H7ClN4O2. The first-order valence-electron chi connectivity index (χ1n) is 5.89. The molecule has 6 nitrogen and oxygen atoms in total. The Morgan fingerprint density at radius 2 is 2.10 bits per heavy atom. The van der Waals surface area contributed by atoms with E-state index in [1.807, 2.05) is 6.07 Å². The Kier molecular flexibility index (Phi) is 3.05. The van der Waals surface area contributed by atoms with Gasteiger partial charge in [0.2, 0.25) is 0 Å².